The van der Waals surface area contributed by atoms with Crippen molar-refractivity contribution >= 4 is 51.9 Å². The first-order valence-electron chi connectivity index (χ1n) is 9.88. The predicted octanol–water partition coefficient (Wildman–Crippen LogP) is 6.04. The third-order valence-electron chi connectivity index (χ3n) is 4.97. The summed E-state index contributed by atoms with van der Waals surface area (Å²) in [6, 6.07) is 22.3. The van der Waals surface area contributed by atoms with Crippen LogP contribution in [0, 0.1) is 0 Å². The molecule has 0 spiro atoms. The van der Waals surface area contributed by atoms with Gasteiger partial charge in [0, 0.05) is 30.7 Å². The zero-order chi connectivity index (χ0) is 22.7. The minimum absolute atomic E-state index is 0.328. The molecule has 4 rings (SSSR count). The Balaban J connectivity index is 1.63. The van der Waals surface area contributed by atoms with Crippen LogP contribution >= 0.6 is 23.2 Å². The lowest BCUT2D eigenvalue weighted by Crippen LogP contribution is -2.18. The largest absolute Gasteiger partial charge is 0.378 e. The number of aromatic nitrogens is 1. The van der Waals surface area contributed by atoms with Crippen LogP contribution in [0.15, 0.2) is 77.9 Å². The average Bonchev–Trinajstić information content (AvgIpc) is 2.80. The number of pyridine rings is 1. The second-order valence-corrected chi connectivity index (χ2v) is 8.20. The van der Waals surface area contributed by atoms with Gasteiger partial charge in [0.1, 0.15) is 0 Å². The molecule has 0 aliphatic heterocycles. The lowest BCUT2D eigenvalue weighted by atomic mass is 10.0. The summed E-state index contributed by atoms with van der Waals surface area (Å²) in [5, 5.41) is 5.75. The molecule has 7 heteroatoms. The number of fused-ring (bicyclic) bond motifs is 1. The Morgan fingerprint density at radius 2 is 1.72 bits per heavy atom. The molecule has 0 fully saturated rings. The minimum atomic E-state index is -0.328. The maximum Gasteiger partial charge on any atom is 0.272 e. The van der Waals surface area contributed by atoms with Gasteiger partial charge in [0.25, 0.3) is 5.91 Å². The Morgan fingerprint density at radius 1 is 0.969 bits per heavy atom. The number of hydrogen-bond donors (Lipinski definition) is 1. The summed E-state index contributed by atoms with van der Waals surface area (Å²) in [6.45, 7) is 0. The number of benzene rings is 3. The van der Waals surface area contributed by atoms with Crippen LogP contribution in [0.25, 0.3) is 22.2 Å². The van der Waals surface area contributed by atoms with Crippen molar-refractivity contribution in [2.24, 2.45) is 5.10 Å². The van der Waals surface area contributed by atoms with E-state index in [4.69, 9.17) is 23.2 Å². The molecule has 1 heterocycles. The van der Waals surface area contributed by atoms with Gasteiger partial charge in [0.05, 0.1) is 33.0 Å². The summed E-state index contributed by atoms with van der Waals surface area (Å²) in [7, 11) is 3.96. The topological polar surface area (TPSA) is 57.6 Å². The summed E-state index contributed by atoms with van der Waals surface area (Å²) in [6.07, 6.45) is 1.61. The van der Waals surface area contributed by atoms with Gasteiger partial charge < -0.3 is 4.90 Å². The van der Waals surface area contributed by atoms with Gasteiger partial charge in [0.15, 0.2) is 0 Å². The van der Waals surface area contributed by atoms with Gasteiger partial charge in [-0.3, -0.25) is 4.79 Å². The quantitative estimate of drug-likeness (QED) is 0.290. The number of halogens is 2. The molecule has 0 aliphatic rings. The number of para-hydroxylation sites is 1. The van der Waals surface area contributed by atoms with Gasteiger partial charge in [0.2, 0.25) is 0 Å². The number of amides is 1. The molecule has 0 saturated carbocycles. The van der Waals surface area contributed by atoms with E-state index in [2.05, 4.69) is 15.5 Å². The molecule has 0 radical (unpaired) electrons. The molecule has 32 heavy (non-hydrogen) atoms. The fourth-order valence-corrected chi connectivity index (χ4v) is 3.55. The van der Waals surface area contributed by atoms with E-state index in [0.29, 0.717) is 26.8 Å². The van der Waals surface area contributed by atoms with E-state index in [1.54, 1.807) is 24.4 Å². The normalized spacial score (nSPS) is 11.1. The number of nitrogens with one attached hydrogen (secondary N) is 1. The van der Waals surface area contributed by atoms with Crippen LogP contribution in [0.1, 0.15) is 15.9 Å². The van der Waals surface area contributed by atoms with Gasteiger partial charge in [-0.25, -0.2) is 10.4 Å². The van der Waals surface area contributed by atoms with E-state index < -0.39 is 0 Å². The third-order valence-corrected chi connectivity index (χ3v) is 5.70. The first kappa shape index (κ1) is 21.8. The third kappa shape index (κ3) is 4.74. The van der Waals surface area contributed by atoms with E-state index in [0.717, 1.165) is 22.2 Å². The van der Waals surface area contributed by atoms with E-state index in [9.17, 15) is 4.79 Å². The van der Waals surface area contributed by atoms with Crippen LogP contribution in [0.5, 0.6) is 0 Å². The Morgan fingerprint density at radius 3 is 2.44 bits per heavy atom. The SMILES string of the molecule is CN(C)c1ccc(/C=N\NC(=O)c2cc(-c3ccc(Cl)c(Cl)c3)nc3ccccc23)cc1. The lowest BCUT2D eigenvalue weighted by molar-refractivity contribution is 0.0956. The molecule has 160 valence electrons. The van der Waals surface area contributed by atoms with Gasteiger partial charge in [-0.1, -0.05) is 59.6 Å². The zero-order valence-corrected chi connectivity index (χ0v) is 19.0. The van der Waals surface area contributed by atoms with Crippen molar-refractivity contribution in [1.82, 2.24) is 10.4 Å². The predicted molar refractivity (Wildman–Crippen MR) is 133 cm³/mol. The highest BCUT2D eigenvalue weighted by atomic mass is 35.5. The van der Waals surface area contributed by atoms with E-state index in [-0.39, 0.29) is 5.91 Å². The number of carbonyl (C=O) groups excluding carboxylic acids is 1. The molecular formula is C25H20Cl2N4O. The molecule has 0 saturated heterocycles. The fraction of sp³-hybridized carbons (Fsp3) is 0.0800. The molecule has 1 N–H and O–H groups in total. The average molecular weight is 463 g/mol. The van der Waals surface area contributed by atoms with Crippen LogP contribution in [-0.4, -0.2) is 31.2 Å². The lowest BCUT2D eigenvalue weighted by Gasteiger charge is -2.11. The van der Waals surface area contributed by atoms with Crippen LogP contribution in [0.4, 0.5) is 5.69 Å². The van der Waals surface area contributed by atoms with Crippen LogP contribution in [0.2, 0.25) is 10.0 Å². The van der Waals surface area contributed by atoms with Gasteiger partial charge in [-0.05, 0) is 42.0 Å². The molecule has 0 aliphatic carbocycles. The molecular weight excluding hydrogens is 443 g/mol. The maximum absolute atomic E-state index is 13.0. The molecule has 3 aromatic carbocycles. The van der Waals surface area contributed by atoms with Crippen molar-refractivity contribution in [3.8, 4) is 11.3 Å². The van der Waals surface area contributed by atoms with Crippen molar-refractivity contribution < 1.29 is 4.79 Å². The second kappa shape index (κ2) is 9.39. The van der Waals surface area contributed by atoms with Crippen molar-refractivity contribution in [2.75, 3.05) is 19.0 Å². The van der Waals surface area contributed by atoms with Crippen LogP contribution in [-0.2, 0) is 0 Å². The number of anilines is 1. The molecule has 5 nitrogen and oxygen atoms in total. The van der Waals surface area contributed by atoms with Gasteiger partial charge >= 0.3 is 0 Å². The maximum atomic E-state index is 13.0. The highest BCUT2D eigenvalue weighted by Crippen LogP contribution is 2.30. The van der Waals surface area contributed by atoms with E-state index >= 15 is 0 Å². The number of nitrogens with zero attached hydrogens (tertiary/aromatic N) is 3. The second-order valence-electron chi connectivity index (χ2n) is 7.39. The number of rotatable bonds is 5. The molecule has 0 bridgehead atoms. The zero-order valence-electron chi connectivity index (χ0n) is 17.5. The Labute approximate surface area is 196 Å². The smallest absolute Gasteiger partial charge is 0.272 e. The van der Waals surface area contributed by atoms with Crippen molar-refractivity contribution in [3.05, 3.63) is 94.0 Å². The van der Waals surface area contributed by atoms with Crippen LogP contribution < -0.4 is 10.3 Å². The van der Waals surface area contributed by atoms with Crippen molar-refractivity contribution in [3.63, 3.8) is 0 Å². The summed E-state index contributed by atoms with van der Waals surface area (Å²) >= 11 is 12.2. The monoisotopic (exact) mass is 462 g/mol. The summed E-state index contributed by atoms with van der Waals surface area (Å²) < 4.78 is 0. The van der Waals surface area contributed by atoms with Crippen molar-refractivity contribution in [2.45, 2.75) is 0 Å². The number of carbonyl (C=O) groups is 1. The highest BCUT2D eigenvalue weighted by molar-refractivity contribution is 6.42. The standard InChI is InChI=1S/C25H20Cl2N4O/c1-31(2)18-10-7-16(8-11-18)15-28-30-25(32)20-14-24(17-9-12-21(26)22(27)13-17)29-23-6-4-3-5-19(20)23/h3-15H,1-2H3,(H,30,32)/b28-15-. The number of hydrogen-bond acceptors (Lipinski definition) is 4. The molecule has 1 aromatic heterocycles. The first-order valence-corrected chi connectivity index (χ1v) is 10.6. The van der Waals surface area contributed by atoms with Gasteiger partial charge in [-0.15, -0.1) is 0 Å². The van der Waals surface area contributed by atoms with Gasteiger partial charge in [-0.2, -0.15) is 5.10 Å². The first-order chi connectivity index (χ1) is 15.4. The Hall–Kier alpha value is -3.41. The Bertz CT molecular complexity index is 1320. The Kier molecular flexibility index (Phi) is 6.40. The fourth-order valence-electron chi connectivity index (χ4n) is 3.25. The molecule has 4 aromatic rings. The summed E-state index contributed by atoms with van der Waals surface area (Å²) in [5.41, 5.74) is 7.15. The van der Waals surface area contributed by atoms with E-state index in [1.165, 1.54) is 0 Å². The van der Waals surface area contributed by atoms with Crippen LogP contribution in [0.3, 0.4) is 0 Å². The number of hydrazone groups is 1. The molecule has 0 unspecified atom stereocenters. The van der Waals surface area contributed by atoms with Crippen molar-refractivity contribution in [1.29, 1.82) is 0 Å². The summed E-state index contributed by atoms with van der Waals surface area (Å²) in [5.74, 6) is -0.328. The minimum Gasteiger partial charge on any atom is -0.378 e. The highest BCUT2D eigenvalue weighted by Gasteiger charge is 2.14. The molecule has 1 amide bonds. The van der Waals surface area contributed by atoms with E-state index in [1.807, 2.05) is 73.6 Å². The summed E-state index contributed by atoms with van der Waals surface area (Å²) in [4.78, 5) is 19.7. The molecule has 0 atom stereocenters.